The molecular formula is C27H43NO10. The van der Waals surface area contributed by atoms with Crippen LogP contribution in [0.2, 0.25) is 0 Å². The fraction of sp³-hybridized carbons (Fsp3) is 0.852. The first-order valence-electron chi connectivity index (χ1n) is 13.4. The van der Waals surface area contributed by atoms with E-state index in [1.807, 2.05) is 27.7 Å². The molecule has 0 spiro atoms. The van der Waals surface area contributed by atoms with Crippen LogP contribution in [0.3, 0.4) is 0 Å². The Kier molecular flexibility index (Phi) is 8.88. The molecule has 0 bridgehead atoms. The van der Waals surface area contributed by atoms with Crippen molar-refractivity contribution in [2.45, 2.75) is 115 Å². The monoisotopic (exact) mass is 541 g/mol. The van der Waals surface area contributed by atoms with Gasteiger partial charge in [-0.15, -0.1) is 0 Å². The summed E-state index contributed by atoms with van der Waals surface area (Å²) in [5.74, 6) is -2.45. The molecule has 1 amide bonds. The van der Waals surface area contributed by atoms with E-state index < -0.39 is 47.8 Å². The molecule has 216 valence electrons. The number of carbonyl (C=O) groups is 2. The molecular weight excluding hydrogens is 498 g/mol. The molecule has 2 N–H and O–H groups in total. The molecule has 0 aromatic rings. The van der Waals surface area contributed by atoms with E-state index in [0.29, 0.717) is 12.8 Å². The SMILES string of the molecule is C=C1C[C@](OC)([C@H](O)C(=O)N[C@H]2OCO[C@H]3[C@H]2O[C@H](C[C@H]2CCCC(=O)O2)C(C)(C)[C@@H]3OC)O[C@H](C)[C@@H]1C. The van der Waals surface area contributed by atoms with Gasteiger partial charge in [0.1, 0.15) is 25.1 Å². The van der Waals surface area contributed by atoms with Gasteiger partial charge in [0, 0.05) is 44.8 Å². The van der Waals surface area contributed by atoms with Crippen LogP contribution in [0.15, 0.2) is 12.2 Å². The van der Waals surface area contributed by atoms with Gasteiger partial charge in [-0.3, -0.25) is 9.59 Å². The summed E-state index contributed by atoms with van der Waals surface area (Å²) in [6.07, 6.45) is -2.60. The summed E-state index contributed by atoms with van der Waals surface area (Å²) in [5.41, 5.74) is 0.334. The van der Waals surface area contributed by atoms with Crippen molar-refractivity contribution in [3.63, 3.8) is 0 Å². The van der Waals surface area contributed by atoms with Crippen LogP contribution in [0.25, 0.3) is 0 Å². The molecule has 0 radical (unpaired) electrons. The van der Waals surface area contributed by atoms with Gasteiger partial charge in [-0.05, 0) is 19.8 Å². The van der Waals surface area contributed by atoms with E-state index in [0.717, 1.165) is 18.4 Å². The molecule has 11 heteroatoms. The van der Waals surface area contributed by atoms with E-state index >= 15 is 0 Å². The molecule has 10 atom stereocenters. The highest BCUT2D eigenvalue weighted by atomic mass is 16.7. The molecule has 4 aliphatic rings. The van der Waals surface area contributed by atoms with Gasteiger partial charge in [-0.1, -0.05) is 32.9 Å². The summed E-state index contributed by atoms with van der Waals surface area (Å²) in [4.78, 5) is 25.2. The largest absolute Gasteiger partial charge is 0.462 e. The number of esters is 1. The third-order valence-corrected chi connectivity index (χ3v) is 8.75. The zero-order valence-electron chi connectivity index (χ0n) is 23.3. The van der Waals surface area contributed by atoms with Crippen molar-refractivity contribution in [1.29, 1.82) is 0 Å². The fourth-order valence-corrected chi connectivity index (χ4v) is 6.12. The third kappa shape index (κ3) is 5.52. The highest BCUT2D eigenvalue weighted by Crippen LogP contribution is 2.44. The molecule has 4 rings (SSSR count). The molecule has 4 aliphatic heterocycles. The second-order valence-electron chi connectivity index (χ2n) is 11.5. The van der Waals surface area contributed by atoms with Gasteiger partial charge in [0.25, 0.3) is 5.91 Å². The number of amides is 1. The molecule has 4 heterocycles. The lowest BCUT2D eigenvalue weighted by Gasteiger charge is -2.54. The number of carbonyl (C=O) groups excluding carboxylic acids is 2. The first-order chi connectivity index (χ1) is 17.9. The fourth-order valence-electron chi connectivity index (χ4n) is 6.12. The van der Waals surface area contributed by atoms with Crippen molar-refractivity contribution >= 4 is 11.9 Å². The predicted molar refractivity (Wildman–Crippen MR) is 134 cm³/mol. The van der Waals surface area contributed by atoms with Crippen molar-refractivity contribution in [2.24, 2.45) is 11.3 Å². The third-order valence-electron chi connectivity index (χ3n) is 8.75. The van der Waals surface area contributed by atoms with Gasteiger partial charge in [-0.25, -0.2) is 0 Å². The summed E-state index contributed by atoms with van der Waals surface area (Å²) in [6, 6.07) is 0. The van der Waals surface area contributed by atoms with Crippen LogP contribution >= 0.6 is 0 Å². The molecule has 11 nitrogen and oxygen atoms in total. The van der Waals surface area contributed by atoms with E-state index in [1.54, 1.807) is 7.11 Å². The van der Waals surface area contributed by atoms with E-state index in [1.165, 1.54) is 7.11 Å². The lowest BCUT2D eigenvalue weighted by molar-refractivity contribution is -0.333. The maximum atomic E-state index is 13.3. The molecule has 0 saturated carbocycles. The van der Waals surface area contributed by atoms with Crippen LogP contribution < -0.4 is 5.32 Å². The lowest BCUT2D eigenvalue weighted by atomic mass is 9.72. The Morgan fingerprint density at radius 1 is 1.24 bits per heavy atom. The van der Waals surface area contributed by atoms with Crippen molar-refractivity contribution in [2.75, 3.05) is 21.0 Å². The minimum absolute atomic E-state index is 0.0541. The maximum absolute atomic E-state index is 13.3. The standard InChI is InChI=1S/C27H43NO10/c1-14-12-27(33-7,38-16(3)15(14)2)22(30)24(31)28-25-21-20(34-13-35-25)23(32-6)26(4,5)18(37-21)11-17-9-8-10-19(29)36-17/h15-18,20-23,25,30H,1,8-13H2,2-7H3,(H,28,31)/t15-,16-,17-,18-,20+,21-,22-,23-,25+,27-/m1/s1. The summed E-state index contributed by atoms with van der Waals surface area (Å²) < 4.78 is 41.2. The number of ether oxygens (including phenoxy) is 7. The van der Waals surface area contributed by atoms with Crippen LogP contribution in [0.4, 0.5) is 0 Å². The minimum Gasteiger partial charge on any atom is -0.462 e. The quantitative estimate of drug-likeness (QED) is 0.363. The zero-order chi connectivity index (χ0) is 27.8. The van der Waals surface area contributed by atoms with E-state index in [-0.39, 0.29) is 43.4 Å². The number of hydrogen-bond donors (Lipinski definition) is 2. The average Bonchev–Trinajstić information content (AvgIpc) is 2.87. The molecule has 4 saturated heterocycles. The molecule has 38 heavy (non-hydrogen) atoms. The van der Waals surface area contributed by atoms with Crippen LogP contribution in [0.5, 0.6) is 0 Å². The first-order valence-corrected chi connectivity index (χ1v) is 13.4. The maximum Gasteiger partial charge on any atom is 0.306 e. The number of aliphatic hydroxyl groups excluding tert-OH is 1. The average molecular weight is 542 g/mol. The first kappa shape index (κ1) is 29.4. The van der Waals surface area contributed by atoms with Crippen LogP contribution in [0.1, 0.15) is 59.8 Å². The number of nitrogens with one attached hydrogen (secondary N) is 1. The lowest BCUT2D eigenvalue weighted by Crippen LogP contribution is -2.69. The summed E-state index contributed by atoms with van der Waals surface area (Å²) in [6.45, 7) is 11.9. The highest BCUT2D eigenvalue weighted by Gasteiger charge is 2.57. The Morgan fingerprint density at radius 2 is 1.97 bits per heavy atom. The Morgan fingerprint density at radius 3 is 2.61 bits per heavy atom. The Balaban J connectivity index is 1.51. The van der Waals surface area contributed by atoms with Crippen LogP contribution in [-0.4, -0.2) is 92.7 Å². The smallest absolute Gasteiger partial charge is 0.306 e. The summed E-state index contributed by atoms with van der Waals surface area (Å²) in [5, 5.41) is 13.9. The summed E-state index contributed by atoms with van der Waals surface area (Å²) in [7, 11) is 3.01. The highest BCUT2D eigenvalue weighted by molar-refractivity contribution is 5.82. The molecule has 4 fully saturated rings. The molecule has 0 unspecified atom stereocenters. The van der Waals surface area contributed by atoms with E-state index in [4.69, 9.17) is 33.2 Å². The predicted octanol–water partition coefficient (Wildman–Crippen LogP) is 1.80. The van der Waals surface area contributed by atoms with Gasteiger partial charge >= 0.3 is 5.97 Å². The normalized spacial score (nSPS) is 42.1. The van der Waals surface area contributed by atoms with Gasteiger partial charge in [0.15, 0.2) is 12.3 Å². The van der Waals surface area contributed by atoms with E-state index in [2.05, 4.69) is 11.9 Å². The number of cyclic esters (lactones) is 1. The number of fused-ring (bicyclic) bond motifs is 1. The molecule has 0 aliphatic carbocycles. The van der Waals surface area contributed by atoms with Gasteiger partial charge in [0.2, 0.25) is 5.79 Å². The zero-order valence-corrected chi connectivity index (χ0v) is 23.3. The minimum atomic E-state index is -1.65. The van der Waals surface area contributed by atoms with Crippen LogP contribution in [0, 0.1) is 11.3 Å². The Hall–Kier alpha value is -1.60. The van der Waals surface area contributed by atoms with Crippen molar-refractivity contribution in [3.8, 4) is 0 Å². The number of methoxy groups -OCH3 is 2. The van der Waals surface area contributed by atoms with Gasteiger partial charge in [0.05, 0.1) is 18.3 Å². The number of rotatable bonds is 7. The van der Waals surface area contributed by atoms with E-state index in [9.17, 15) is 14.7 Å². The van der Waals surface area contributed by atoms with Gasteiger partial charge < -0.3 is 43.6 Å². The topological polar surface area (TPSA) is 131 Å². The van der Waals surface area contributed by atoms with Crippen molar-refractivity contribution < 1.29 is 47.9 Å². The van der Waals surface area contributed by atoms with Crippen molar-refractivity contribution in [3.05, 3.63) is 12.2 Å². The second kappa shape index (κ2) is 11.5. The van der Waals surface area contributed by atoms with Crippen molar-refractivity contribution in [1.82, 2.24) is 5.32 Å². The Bertz CT molecular complexity index is 895. The number of hydrogen-bond acceptors (Lipinski definition) is 10. The molecule has 0 aromatic carbocycles. The Labute approximate surface area is 224 Å². The number of aliphatic hydroxyl groups is 1. The van der Waals surface area contributed by atoms with Crippen LogP contribution in [-0.2, 0) is 42.7 Å². The second-order valence-corrected chi connectivity index (χ2v) is 11.5. The summed E-state index contributed by atoms with van der Waals surface area (Å²) >= 11 is 0. The molecule has 0 aromatic heterocycles. The van der Waals surface area contributed by atoms with Gasteiger partial charge in [-0.2, -0.15) is 0 Å².